The third kappa shape index (κ3) is 1.80. The van der Waals surface area contributed by atoms with Gasteiger partial charge in [0.15, 0.2) is 5.78 Å². The molecule has 0 aromatic carbocycles. The molecule has 2 fully saturated rings. The second-order valence-electron chi connectivity index (χ2n) is 6.05. The molecular formula is C15H22O3. The molecule has 18 heavy (non-hydrogen) atoms. The van der Waals surface area contributed by atoms with Crippen molar-refractivity contribution in [1.29, 1.82) is 0 Å². The SMILES string of the molecule is CC=C[C@@H]1OC(=O)C2(CCCCC2)C(=O)C1(C)C. The van der Waals surface area contributed by atoms with Crippen molar-refractivity contribution in [1.82, 2.24) is 0 Å². The summed E-state index contributed by atoms with van der Waals surface area (Å²) in [6, 6.07) is 0. The van der Waals surface area contributed by atoms with Crippen molar-refractivity contribution >= 4 is 11.8 Å². The Morgan fingerprint density at radius 3 is 2.33 bits per heavy atom. The number of ether oxygens (including phenoxy) is 1. The Morgan fingerprint density at radius 2 is 1.78 bits per heavy atom. The molecule has 0 aromatic rings. The minimum atomic E-state index is -0.847. The maximum absolute atomic E-state index is 12.8. The zero-order valence-electron chi connectivity index (χ0n) is 11.5. The van der Waals surface area contributed by atoms with Gasteiger partial charge in [0.2, 0.25) is 0 Å². The Balaban J connectivity index is 2.36. The van der Waals surface area contributed by atoms with Gasteiger partial charge in [-0.3, -0.25) is 9.59 Å². The highest BCUT2D eigenvalue weighted by molar-refractivity contribution is 6.08. The second kappa shape index (κ2) is 4.52. The van der Waals surface area contributed by atoms with Gasteiger partial charge in [0, 0.05) is 0 Å². The minimum Gasteiger partial charge on any atom is -0.456 e. The number of allylic oxidation sites excluding steroid dienone is 1. The predicted molar refractivity (Wildman–Crippen MR) is 69.0 cm³/mol. The Bertz CT molecular complexity index is 387. The molecule has 0 radical (unpaired) electrons. The lowest BCUT2D eigenvalue weighted by Gasteiger charge is -2.46. The molecule has 1 aliphatic carbocycles. The highest BCUT2D eigenvalue weighted by atomic mass is 16.5. The fourth-order valence-corrected chi connectivity index (χ4v) is 3.26. The molecule has 1 spiro atoms. The number of Topliss-reactive ketones (excluding diaryl/α,β-unsaturated/α-hetero) is 1. The van der Waals surface area contributed by atoms with Crippen LogP contribution < -0.4 is 0 Å². The number of cyclic esters (lactones) is 1. The van der Waals surface area contributed by atoms with E-state index in [1.165, 1.54) is 0 Å². The average molecular weight is 250 g/mol. The van der Waals surface area contributed by atoms with E-state index in [4.69, 9.17) is 4.74 Å². The van der Waals surface area contributed by atoms with E-state index in [0.717, 1.165) is 19.3 Å². The van der Waals surface area contributed by atoms with E-state index < -0.39 is 16.9 Å². The van der Waals surface area contributed by atoms with Crippen LogP contribution in [-0.2, 0) is 14.3 Å². The standard InChI is InChI=1S/C15H22O3/c1-4-8-11-14(2,3)12(16)15(13(17)18-11)9-6-5-7-10-15/h4,8,11H,5-7,9-10H2,1-3H3/t11-/m0/s1. The van der Waals surface area contributed by atoms with Crippen LogP contribution in [0.4, 0.5) is 0 Å². The quantitative estimate of drug-likeness (QED) is 0.408. The van der Waals surface area contributed by atoms with E-state index in [2.05, 4.69) is 0 Å². The van der Waals surface area contributed by atoms with Gasteiger partial charge in [-0.1, -0.05) is 25.3 Å². The van der Waals surface area contributed by atoms with E-state index in [0.29, 0.717) is 12.8 Å². The first-order valence-electron chi connectivity index (χ1n) is 6.84. The number of carbonyl (C=O) groups excluding carboxylic acids is 2. The first-order valence-corrected chi connectivity index (χ1v) is 6.84. The van der Waals surface area contributed by atoms with Gasteiger partial charge in [-0.15, -0.1) is 0 Å². The molecule has 3 nitrogen and oxygen atoms in total. The van der Waals surface area contributed by atoms with Crippen molar-refractivity contribution in [2.75, 3.05) is 0 Å². The molecule has 0 aromatic heterocycles. The Morgan fingerprint density at radius 1 is 1.17 bits per heavy atom. The lowest BCUT2D eigenvalue weighted by Crippen LogP contribution is -2.58. The van der Waals surface area contributed by atoms with Crippen molar-refractivity contribution < 1.29 is 14.3 Å². The predicted octanol–water partition coefficient (Wildman–Crippen LogP) is 3.03. The molecule has 0 bridgehead atoms. The van der Waals surface area contributed by atoms with Crippen molar-refractivity contribution in [3.63, 3.8) is 0 Å². The van der Waals surface area contributed by atoms with E-state index in [-0.39, 0.29) is 11.8 Å². The summed E-state index contributed by atoms with van der Waals surface area (Å²) in [5.74, 6) is -0.219. The molecule has 0 unspecified atom stereocenters. The van der Waals surface area contributed by atoms with Crippen LogP contribution in [0.15, 0.2) is 12.2 Å². The molecule has 1 heterocycles. The summed E-state index contributed by atoms with van der Waals surface area (Å²) < 4.78 is 5.56. The number of rotatable bonds is 1. The Kier molecular flexibility index (Phi) is 3.35. The van der Waals surface area contributed by atoms with Crippen molar-refractivity contribution in [3.05, 3.63) is 12.2 Å². The minimum absolute atomic E-state index is 0.0778. The van der Waals surface area contributed by atoms with Gasteiger partial charge in [0.05, 0.1) is 5.41 Å². The van der Waals surface area contributed by atoms with E-state index in [1.807, 2.05) is 32.9 Å². The van der Waals surface area contributed by atoms with Crippen LogP contribution in [-0.4, -0.2) is 17.9 Å². The normalized spacial score (nSPS) is 30.7. The smallest absolute Gasteiger partial charge is 0.320 e. The fraction of sp³-hybridized carbons (Fsp3) is 0.733. The summed E-state index contributed by atoms with van der Waals surface area (Å²) >= 11 is 0. The fourth-order valence-electron chi connectivity index (χ4n) is 3.26. The Hall–Kier alpha value is -1.12. The van der Waals surface area contributed by atoms with Crippen molar-refractivity contribution in [2.45, 2.75) is 59.0 Å². The molecular weight excluding hydrogens is 228 g/mol. The maximum Gasteiger partial charge on any atom is 0.320 e. The molecule has 100 valence electrons. The molecule has 1 atom stereocenters. The highest BCUT2D eigenvalue weighted by Crippen LogP contribution is 2.48. The highest BCUT2D eigenvalue weighted by Gasteiger charge is 2.59. The molecule has 0 amide bonds. The number of hydrogen-bond acceptors (Lipinski definition) is 3. The monoisotopic (exact) mass is 250 g/mol. The van der Waals surface area contributed by atoms with Crippen LogP contribution in [0, 0.1) is 10.8 Å². The summed E-state index contributed by atoms with van der Waals surface area (Å²) in [5, 5.41) is 0. The molecule has 3 heteroatoms. The number of esters is 1. The van der Waals surface area contributed by atoms with E-state index >= 15 is 0 Å². The lowest BCUT2D eigenvalue weighted by atomic mass is 9.61. The molecule has 2 aliphatic rings. The van der Waals surface area contributed by atoms with Gasteiger partial charge >= 0.3 is 5.97 Å². The molecule has 0 N–H and O–H groups in total. The number of hydrogen-bond donors (Lipinski definition) is 0. The second-order valence-corrected chi connectivity index (χ2v) is 6.05. The van der Waals surface area contributed by atoms with Gasteiger partial charge in [0.25, 0.3) is 0 Å². The van der Waals surface area contributed by atoms with Crippen molar-refractivity contribution in [2.24, 2.45) is 10.8 Å². The third-order valence-corrected chi connectivity index (χ3v) is 4.43. The van der Waals surface area contributed by atoms with Gasteiger partial charge in [0.1, 0.15) is 11.5 Å². The number of carbonyl (C=O) groups is 2. The van der Waals surface area contributed by atoms with E-state index in [1.54, 1.807) is 0 Å². The summed E-state index contributed by atoms with van der Waals surface area (Å²) in [7, 11) is 0. The summed E-state index contributed by atoms with van der Waals surface area (Å²) in [4.78, 5) is 25.1. The lowest BCUT2D eigenvalue weighted by molar-refractivity contribution is -0.186. The van der Waals surface area contributed by atoms with Crippen LogP contribution in [0.3, 0.4) is 0 Å². The van der Waals surface area contributed by atoms with Crippen LogP contribution in [0.25, 0.3) is 0 Å². The maximum atomic E-state index is 12.8. The molecule has 1 aliphatic heterocycles. The van der Waals surface area contributed by atoms with Crippen molar-refractivity contribution in [3.8, 4) is 0 Å². The van der Waals surface area contributed by atoms with Gasteiger partial charge in [-0.2, -0.15) is 0 Å². The topological polar surface area (TPSA) is 43.4 Å². The first-order chi connectivity index (χ1) is 8.45. The zero-order chi connectivity index (χ0) is 13.4. The van der Waals surface area contributed by atoms with Gasteiger partial charge in [-0.05, 0) is 39.7 Å². The van der Waals surface area contributed by atoms with Crippen LogP contribution in [0.2, 0.25) is 0 Å². The zero-order valence-corrected chi connectivity index (χ0v) is 11.5. The van der Waals surface area contributed by atoms with Gasteiger partial charge < -0.3 is 4.74 Å². The Labute approximate surface area is 109 Å². The molecule has 1 saturated heterocycles. The summed E-state index contributed by atoms with van der Waals surface area (Å²) in [5.41, 5.74) is -1.46. The summed E-state index contributed by atoms with van der Waals surface area (Å²) in [6.45, 7) is 5.66. The van der Waals surface area contributed by atoms with E-state index in [9.17, 15) is 9.59 Å². The van der Waals surface area contributed by atoms with Crippen LogP contribution in [0.5, 0.6) is 0 Å². The first kappa shape index (κ1) is 13.3. The van der Waals surface area contributed by atoms with Gasteiger partial charge in [-0.25, -0.2) is 0 Å². The number of ketones is 1. The summed E-state index contributed by atoms with van der Waals surface area (Å²) in [6.07, 6.45) is 7.57. The van der Waals surface area contributed by atoms with Crippen LogP contribution >= 0.6 is 0 Å². The molecule has 1 saturated carbocycles. The largest absolute Gasteiger partial charge is 0.456 e. The third-order valence-electron chi connectivity index (χ3n) is 4.43. The average Bonchev–Trinajstić information content (AvgIpc) is 2.36. The molecule has 2 rings (SSSR count). The van der Waals surface area contributed by atoms with Crippen LogP contribution in [0.1, 0.15) is 52.9 Å².